The number of benzene rings is 2. The second-order valence-corrected chi connectivity index (χ2v) is 7.40. The Kier molecular flexibility index (Phi) is 5.81. The van der Waals surface area contributed by atoms with E-state index in [2.05, 4.69) is 10.6 Å². The average molecular weight is 384 g/mol. The normalized spacial score (nSPS) is 14.4. The van der Waals surface area contributed by atoms with Gasteiger partial charge in [0.2, 0.25) is 5.91 Å². The van der Waals surface area contributed by atoms with Crippen LogP contribution in [0.25, 0.3) is 0 Å². The summed E-state index contributed by atoms with van der Waals surface area (Å²) in [6.07, 6.45) is -0.532. The Morgan fingerprint density at radius 2 is 2.04 bits per heavy atom. The van der Waals surface area contributed by atoms with Crippen LogP contribution in [0.5, 0.6) is 0 Å². The van der Waals surface area contributed by atoms with Gasteiger partial charge in [-0.15, -0.1) is 11.8 Å². The van der Waals surface area contributed by atoms with E-state index in [0.717, 1.165) is 10.5 Å². The third kappa shape index (κ3) is 4.89. The molecule has 0 saturated heterocycles. The Bertz CT molecular complexity index is 897. The van der Waals surface area contributed by atoms with Crippen LogP contribution in [0.4, 0.5) is 11.4 Å². The van der Waals surface area contributed by atoms with E-state index < -0.39 is 18.0 Å². The van der Waals surface area contributed by atoms with Crippen LogP contribution in [0.15, 0.2) is 47.4 Å². The quantitative estimate of drug-likeness (QED) is 0.787. The van der Waals surface area contributed by atoms with Crippen LogP contribution in [-0.4, -0.2) is 29.6 Å². The molecule has 1 aliphatic heterocycles. The summed E-state index contributed by atoms with van der Waals surface area (Å²) in [5.74, 6) is -0.419. The van der Waals surface area contributed by atoms with Crippen LogP contribution < -0.4 is 10.6 Å². The van der Waals surface area contributed by atoms with Gasteiger partial charge in [0.05, 0.1) is 11.3 Å². The Morgan fingerprint density at radius 3 is 2.81 bits per heavy atom. The second-order valence-electron chi connectivity index (χ2n) is 6.26. The first-order valence-corrected chi connectivity index (χ1v) is 9.56. The maximum atomic E-state index is 12.4. The number of aryl methyl sites for hydroxylation is 1. The molecule has 0 aromatic heterocycles. The fraction of sp³-hybridized carbons (Fsp3) is 0.250. The monoisotopic (exact) mass is 384 g/mol. The number of thioether (sulfide) groups is 1. The number of amides is 2. The van der Waals surface area contributed by atoms with Gasteiger partial charge in [-0.1, -0.05) is 12.1 Å². The highest BCUT2D eigenvalue weighted by molar-refractivity contribution is 7.99. The van der Waals surface area contributed by atoms with Crippen molar-refractivity contribution >= 4 is 40.9 Å². The molecule has 0 radical (unpaired) electrons. The molecule has 1 aliphatic rings. The number of hydrogen-bond donors (Lipinski definition) is 2. The van der Waals surface area contributed by atoms with Gasteiger partial charge in [0, 0.05) is 22.8 Å². The number of carbonyl (C=O) groups is 3. The van der Waals surface area contributed by atoms with E-state index in [1.54, 1.807) is 36.0 Å². The van der Waals surface area contributed by atoms with Gasteiger partial charge in [-0.2, -0.15) is 0 Å². The molecule has 1 heterocycles. The van der Waals surface area contributed by atoms with Crippen molar-refractivity contribution in [2.45, 2.75) is 31.3 Å². The van der Waals surface area contributed by atoms with Crippen LogP contribution in [0.2, 0.25) is 0 Å². The van der Waals surface area contributed by atoms with Gasteiger partial charge >= 0.3 is 5.97 Å². The Morgan fingerprint density at radius 1 is 1.22 bits per heavy atom. The number of nitrogens with one attached hydrogen (secondary N) is 2. The summed E-state index contributed by atoms with van der Waals surface area (Å²) in [5, 5.41) is 5.51. The molecule has 7 heteroatoms. The third-order valence-electron chi connectivity index (χ3n) is 4.01. The van der Waals surface area contributed by atoms with Gasteiger partial charge in [0.15, 0.2) is 6.10 Å². The van der Waals surface area contributed by atoms with Crippen molar-refractivity contribution in [2.24, 2.45) is 0 Å². The number of esters is 1. The fourth-order valence-electron chi connectivity index (χ4n) is 2.60. The minimum absolute atomic E-state index is 0.0855. The molecule has 2 aromatic carbocycles. The van der Waals surface area contributed by atoms with Gasteiger partial charge < -0.3 is 15.4 Å². The zero-order valence-electron chi connectivity index (χ0n) is 15.1. The van der Waals surface area contributed by atoms with Crippen molar-refractivity contribution in [1.29, 1.82) is 0 Å². The highest BCUT2D eigenvalue weighted by atomic mass is 32.2. The topological polar surface area (TPSA) is 84.5 Å². The van der Waals surface area contributed by atoms with E-state index in [1.165, 1.54) is 6.92 Å². The Labute approximate surface area is 161 Å². The van der Waals surface area contributed by atoms with Gasteiger partial charge in [0.25, 0.3) is 5.91 Å². The molecule has 2 amide bonds. The van der Waals surface area contributed by atoms with E-state index in [1.807, 2.05) is 25.1 Å². The Balaban J connectivity index is 1.66. The Hall–Kier alpha value is -2.80. The summed E-state index contributed by atoms with van der Waals surface area (Å²) in [7, 11) is 0. The molecule has 27 heavy (non-hydrogen) atoms. The number of rotatable bonds is 4. The summed E-state index contributed by atoms with van der Waals surface area (Å²) in [6, 6.07) is 12.4. The van der Waals surface area contributed by atoms with Crippen molar-refractivity contribution in [2.75, 3.05) is 16.4 Å². The van der Waals surface area contributed by atoms with E-state index in [-0.39, 0.29) is 11.5 Å². The highest BCUT2D eigenvalue weighted by Crippen LogP contribution is 2.31. The largest absolute Gasteiger partial charge is 0.449 e. The zero-order chi connectivity index (χ0) is 19.4. The predicted octanol–water partition coefficient (Wildman–Crippen LogP) is 3.61. The molecular weight excluding hydrogens is 364 g/mol. The van der Waals surface area contributed by atoms with Gasteiger partial charge in [-0.05, 0) is 49.7 Å². The highest BCUT2D eigenvalue weighted by Gasteiger charge is 2.21. The standard InChI is InChI=1S/C20H20N2O4S/c1-12-4-3-5-15(10-12)21-19(24)13(2)26-20(25)14-6-7-17-16(11-14)22-18(23)8-9-27-17/h3-7,10-11,13H,8-9H2,1-2H3,(H,21,24)(H,22,23)/t13-/m1/s1. The number of hydrogen-bond acceptors (Lipinski definition) is 5. The van der Waals surface area contributed by atoms with Crippen LogP contribution in [0, 0.1) is 6.92 Å². The summed E-state index contributed by atoms with van der Waals surface area (Å²) >= 11 is 1.56. The molecule has 0 aliphatic carbocycles. The minimum atomic E-state index is -0.958. The van der Waals surface area contributed by atoms with E-state index in [4.69, 9.17) is 4.74 Å². The second kappa shape index (κ2) is 8.26. The smallest absolute Gasteiger partial charge is 0.338 e. The molecule has 0 saturated carbocycles. The first-order valence-electron chi connectivity index (χ1n) is 8.57. The van der Waals surface area contributed by atoms with Gasteiger partial charge in [-0.25, -0.2) is 4.79 Å². The SMILES string of the molecule is Cc1cccc(NC(=O)[C@@H](C)OC(=O)c2ccc3c(c2)NC(=O)CCS3)c1. The first-order chi connectivity index (χ1) is 12.9. The van der Waals surface area contributed by atoms with Crippen molar-refractivity contribution in [1.82, 2.24) is 0 Å². The molecule has 0 spiro atoms. The molecule has 0 unspecified atom stereocenters. The maximum Gasteiger partial charge on any atom is 0.338 e. The lowest BCUT2D eigenvalue weighted by molar-refractivity contribution is -0.123. The van der Waals surface area contributed by atoms with Crippen molar-refractivity contribution < 1.29 is 19.1 Å². The van der Waals surface area contributed by atoms with Gasteiger partial charge in [-0.3, -0.25) is 9.59 Å². The van der Waals surface area contributed by atoms with Crippen molar-refractivity contribution in [3.63, 3.8) is 0 Å². The summed E-state index contributed by atoms with van der Waals surface area (Å²) < 4.78 is 5.28. The molecule has 2 aromatic rings. The lowest BCUT2D eigenvalue weighted by atomic mass is 10.2. The first kappa shape index (κ1) is 19.0. The summed E-state index contributed by atoms with van der Waals surface area (Å²) in [4.78, 5) is 37.3. The van der Waals surface area contributed by atoms with Crippen LogP contribution >= 0.6 is 11.8 Å². The maximum absolute atomic E-state index is 12.4. The molecule has 0 bridgehead atoms. The minimum Gasteiger partial charge on any atom is -0.449 e. The number of fused-ring (bicyclic) bond motifs is 1. The lowest BCUT2D eigenvalue weighted by Crippen LogP contribution is -2.30. The number of anilines is 2. The summed E-state index contributed by atoms with van der Waals surface area (Å²) in [5.41, 5.74) is 2.54. The average Bonchev–Trinajstić information content (AvgIpc) is 2.81. The van der Waals surface area contributed by atoms with Crippen molar-refractivity contribution in [3.8, 4) is 0 Å². The molecule has 6 nitrogen and oxygen atoms in total. The predicted molar refractivity (Wildman–Crippen MR) is 105 cm³/mol. The lowest BCUT2D eigenvalue weighted by Gasteiger charge is -2.14. The van der Waals surface area contributed by atoms with Gasteiger partial charge in [0.1, 0.15) is 0 Å². The van der Waals surface area contributed by atoms with Crippen molar-refractivity contribution in [3.05, 3.63) is 53.6 Å². The van der Waals surface area contributed by atoms with E-state index in [9.17, 15) is 14.4 Å². The molecule has 140 valence electrons. The van der Waals surface area contributed by atoms with E-state index in [0.29, 0.717) is 23.5 Å². The van der Waals surface area contributed by atoms with E-state index >= 15 is 0 Å². The number of ether oxygens (including phenoxy) is 1. The molecule has 2 N–H and O–H groups in total. The molecule has 1 atom stereocenters. The molecule has 3 rings (SSSR count). The van der Waals surface area contributed by atoms with Crippen LogP contribution in [0.3, 0.4) is 0 Å². The molecular formula is C20H20N2O4S. The molecule has 0 fully saturated rings. The van der Waals surface area contributed by atoms with Crippen LogP contribution in [0.1, 0.15) is 29.3 Å². The zero-order valence-corrected chi connectivity index (χ0v) is 15.9. The number of carbonyl (C=O) groups excluding carboxylic acids is 3. The third-order valence-corrected chi connectivity index (χ3v) is 5.09. The fourth-order valence-corrected chi connectivity index (χ4v) is 3.53. The summed E-state index contributed by atoms with van der Waals surface area (Å²) in [6.45, 7) is 3.44. The van der Waals surface area contributed by atoms with Crippen LogP contribution in [-0.2, 0) is 14.3 Å².